The van der Waals surface area contributed by atoms with Crippen molar-refractivity contribution in [3.63, 3.8) is 0 Å². The largest absolute Gasteiger partial charge is 0.497 e. The molecule has 0 amide bonds. The van der Waals surface area contributed by atoms with Gasteiger partial charge in [0.1, 0.15) is 5.75 Å². The fourth-order valence-corrected chi connectivity index (χ4v) is 5.67. The second-order valence-electron chi connectivity index (χ2n) is 5.64. The minimum absolute atomic E-state index is 0.296. The van der Waals surface area contributed by atoms with Gasteiger partial charge in [0.15, 0.2) is 0 Å². The summed E-state index contributed by atoms with van der Waals surface area (Å²) >= 11 is 1.83. The summed E-state index contributed by atoms with van der Waals surface area (Å²) in [6.45, 7) is 1.07. The molecule has 0 aliphatic carbocycles. The first-order chi connectivity index (χ1) is 11.6. The van der Waals surface area contributed by atoms with Crippen molar-refractivity contribution in [1.82, 2.24) is 4.31 Å². The van der Waals surface area contributed by atoms with Crippen molar-refractivity contribution in [2.24, 2.45) is 0 Å². The summed E-state index contributed by atoms with van der Waals surface area (Å²) in [7, 11) is -1.94. The van der Waals surface area contributed by atoms with E-state index in [-0.39, 0.29) is 0 Å². The van der Waals surface area contributed by atoms with Gasteiger partial charge in [-0.1, -0.05) is 36.4 Å². The van der Waals surface area contributed by atoms with Crippen molar-refractivity contribution in [3.8, 4) is 5.75 Å². The molecule has 0 radical (unpaired) electrons. The smallest absolute Gasteiger partial charge is 0.243 e. The predicted octanol–water partition coefficient (Wildman–Crippen LogP) is 3.56. The van der Waals surface area contributed by atoms with Crippen molar-refractivity contribution < 1.29 is 13.2 Å². The van der Waals surface area contributed by atoms with E-state index < -0.39 is 10.0 Å². The third kappa shape index (κ3) is 3.77. The second kappa shape index (κ2) is 7.59. The number of ether oxygens (including phenoxy) is 1. The second-order valence-corrected chi connectivity index (χ2v) is 8.89. The van der Waals surface area contributed by atoms with E-state index >= 15 is 0 Å². The molecule has 0 spiro atoms. The Morgan fingerprint density at radius 3 is 2.62 bits per heavy atom. The third-order valence-electron chi connectivity index (χ3n) is 4.15. The molecule has 24 heavy (non-hydrogen) atoms. The van der Waals surface area contributed by atoms with Crippen LogP contribution in [0, 0.1) is 0 Å². The van der Waals surface area contributed by atoms with Gasteiger partial charge in [-0.05, 0) is 24.1 Å². The van der Waals surface area contributed by atoms with Gasteiger partial charge in [-0.25, -0.2) is 8.42 Å². The van der Waals surface area contributed by atoms with Gasteiger partial charge in [0, 0.05) is 30.2 Å². The highest BCUT2D eigenvalue weighted by atomic mass is 32.2. The first kappa shape index (κ1) is 17.3. The summed E-state index contributed by atoms with van der Waals surface area (Å²) < 4.78 is 32.6. The fourth-order valence-electron chi connectivity index (χ4n) is 2.83. The van der Waals surface area contributed by atoms with Crippen LogP contribution < -0.4 is 4.74 Å². The molecule has 3 rings (SSSR count). The maximum Gasteiger partial charge on any atom is 0.243 e. The molecule has 1 saturated heterocycles. The van der Waals surface area contributed by atoms with Crippen molar-refractivity contribution in [1.29, 1.82) is 0 Å². The highest BCUT2D eigenvalue weighted by Crippen LogP contribution is 2.35. The molecule has 0 N–H and O–H groups in total. The van der Waals surface area contributed by atoms with Gasteiger partial charge in [0.25, 0.3) is 0 Å². The van der Waals surface area contributed by atoms with Gasteiger partial charge < -0.3 is 4.74 Å². The minimum Gasteiger partial charge on any atom is -0.497 e. The van der Waals surface area contributed by atoms with Gasteiger partial charge in [0.05, 0.1) is 12.0 Å². The van der Waals surface area contributed by atoms with E-state index in [1.807, 2.05) is 30.0 Å². The Labute approximate surface area is 147 Å². The molecule has 1 aliphatic rings. The fraction of sp³-hybridized carbons (Fsp3) is 0.333. The van der Waals surface area contributed by atoms with Crippen molar-refractivity contribution in [3.05, 3.63) is 60.2 Å². The lowest BCUT2D eigenvalue weighted by atomic mass is 10.1. The molecule has 0 unspecified atom stereocenters. The first-order valence-electron chi connectivity index (χ1n) is 7.92. The van der Waals surface area contributed by atoms with Gasteiger partial charge in [-0.3, -0.25) is 0 Å². The number of benzene rings is 2. The Balaban J connectivity index is 1.77. The number of methoxy groups -OCH3 is 1. The van der Waals surface area contributed by atoms with E-state index in [4.69, 9.17) is 4.74 Å². The predicted molar refractivity (Wildman–Crippen MR) is 98.0 cm³/mol. The first-order valence-corrected chi connectivity index (χ1v) is 10.4. The van der Waals surface area contributed by atoms with Crippen LogP contribution in [0.1, 0.15) is 17.2 Å². The molecule has 2 aromatic carbocycles. The average Bonchev–Trinajstić information content (AvgIpc) is 2.89. The van der Waals surface area contributed by atoms with Crippen LogP contribution in [-0.4, -0.2) is 38.7 Å². The van der Waals surface area contributed by atoms with Gasteiger partial charge >= 0.3 is 0 Å². The molecule has 6 heteroatoms. The molecule has 4 nitrogen and oxygen atoms in total. The van der Waals surface area contributed by atoms with Crippen LogP contribution in [0.25, 0.3) is 0 Å². The zero-order valence-corrected chi connectivity index (χ0v) is 15.2. The lowest BCUT2D eigenvalue weighted by molar-refractivity contribution is 0.410. The van der Waals surface area contributed by atoms with Gasteiger partial charge in [-0.15, -0.1) is 0 Å². The van der Waals surface area contributed by atoms with E-state index in [2.05, 4.69) is 12.1 Å². The van der Waals surface area contributed by atoms with Crippen LogP contribution >= 0.6 is 11.8 Å². The Bertz CT molecular complexity index is 778. The standard InChI is InChI=1S/C18H21NO3S2/c1-22-16-8-5-9-17(14-16)24(20,21)19-11-10-18(23-13-12-19)15-6-3-2-4-7-15/h2-9,14,18H,10-13H2,1H3/t18-/m1/s1. The SMILES string of the molecule is COc1cccc(S(=O)(=O)N2CCS[C@@H](c3ccccc3)CC2)c1. The highest BCUT2D eigenvalue weighted by Gasteiger charge is 2.28. The Kier molecular flexibility index (Phi) is 5.48. The van der Waals surface area contributed by atoms with Crippen LogP contribution in [0.4, 0.5) is 0 Å². The molecule has 0 aromatic heterocycles. The van der Waals surface area contributed by atoms with Crippen LogP contribution in [0.3, 0.4) is 0 Å². The normalized spacial score (nSPS) is 19.6. The topological polar surface area (TPSA) is 46.6 Å². The zero-order valence-electron chi connectivity index (χ0n) is 13.6. The van der Waals surface area contributed by atoms with Crippen molar-refractivity contribution >= 4 is 21.8 Å². The summed E-state index contributed by atoms with van der Waals surface area (Å²) in [5.74, 6) is 1.35. The molecule has 2 aromatic rings. The molecule has 1 heterocycles. The van der Waals surface area contributed by atoms with E-state index in [0.29, 0.717) is 29.0 Å². The maximum absolute atomic E-state index is 12.9. The Morgan fingerprint density at radius 2 is 1.88 bits per heavy atom. The lowest BCUT2D eigenvalue weighted by Crippen LogP contribution is -2.33. The average molecular weight is 364 g/mol. The van der Waals surface area contributed by atoms with Crippen LogP contribution in [0.15, 0.2) is 59.5 Å². The molecular weight excluding hydrogens is 342 g/mol. The molecule has 1 fully saturated rings. The summed E-state index contributed by atoms with van der Waals surface area (Å²) in [4.78, 5) is 0.296. The van der Waals surface area contributed by atoms with Gasteiger partial charge in [-0.2, -0.15) is 16.1 Å². The summed E-state index contributed by atoms with van der Waals surface area (Å²) in [5, 5.41) is 0.344. The zero-order chi connectivity index (χ0) is 17.0. The lowest BCUT2D eigenvalue weighted by Gasteiger charge is -2.20. The van der Waals surface area contributed by atoms with Crippen LogP contribution in [0.5, 0.6) is 5.75 Å². The van der Waals surface area contributed by atoms with E-state index in [1.165, 1.54) is 5.56 Å². The number of hydrogen-bond donors (Lipinski definition) is 0. The van der Waals surface area contributed by atoms with Gasteiger partial charge in [0.2, 0.25) is 10.0 Å². The Hall–Kier alpha value is -1.50. The van der Waals surface area contributed by atoms with E-state index in [0.717, 1.165) is 12.2 Å². The number of rotatable bonds is 4. The number of thioether (sulfide) groups is 1. The highest BCUT2D eigenvalue weighted by molar-refractivity contribution is 7.99. The molecule has 1 atom stereocenters. The van der Waals surface area contributed by atoms with Crippen molar-refractivity contribution in [2.45, 2.75) is 16.6 Å². The molecule has 0 bridgehead atoms. The maximum atomic E-state index is 12.9. The molecule has 1 aliphatic heterocycles. The number of hydrogen-bond acceptors (Lipinski definition) is 4. The van der Waals surface area contributed by atoms with Crippen LogP contribution in [0.2, 0.25) is 0 Å². The van der Waals surface area contributed by atoms with E-state index in [1.54, 1.807) is 35.7 Å². The minimum atomic E-state index is -3.48. The monoisotopic (exact) mass is 363 g/mol. The summed E-state index contributed by atoms with van der Waals surface area (Å²) in [5.41, 5.74) is 1.27. The quantitative estimate of drug-likeness (QED) is 0.833. The summed E-state index contributed by atoms with van der Waals surface area (Å²) in [6.07, 6.45) is 0.817. The molecule has 128 valence electrons. The Morgan fingerprint density at radius 1 is 1.08 bits per heavy atom. The van der Waals surface area contributed by atoms with Crippen LogP contribution in [-0.2, 0) is 10.0 Å². The summed E-state index contributed by atoms with van der Waals surface area (Å²) in [6, 6.07) is 17.0. The third-order valence-corrected chi connectivity index (χ3v) is 7.37. The molecule has 0 saturated carbocycles. The molecular formula is C18H21NO3S2. The number of sulfonamides is 1. The van der Waals surface area contributed by atoms with E-state index in [9.17, 15) is 8.42 Å². The number of nitrogens with zero attached hydrogens (tertiary/aromatic N) is 1. The van der Waals surface area contributed by atoms with Crippen molar-refractivity contribution in [2.75, 3.05) is 26.0 Å².